The molecular formula is C15H22FNO3. The van der Waals surface area contributed by atoms with Gasteiger partial charge in [-0.2, -0.15) is 0 Å². The van der Waals surface area contributed by atoms with Crippen molar-refractivity contribution in [3.63, 3.8) is 0 Å². The van der Waals surface area contributed by atoms with Crippen molar-refractivity contribution >= 4 is 0 Å². The van der Waals surface area contributed by atoms with E-state index in [0.717, 1.165) is 5.56 Å². The van der Waals surface area contributed by atoms with Crippen LogP contribution >= 0.6 is 0 Å². The van der Waals surface area contributed by atoms with Gasteiger partial charge in [-0.25, -0.2) is 4.39 Å². The second-order valence-corrected chi connectivity index (χ2v) is 5.55. The van der Waals surface area contributed by atoms with Gasteiger partial charge in [0.1, 0.15) is 5.82 Å². The Bertz CT molecular complexity index is 455. The minimum atomic E-state index is -0.805. The van der Waals surface area contributed by atoms with E-state index in [1.165, 1.54) is 6.07 Å². The van der Waals surface area contributed by atoms with E-state index in [9.17, 15) is 19.7 Å². The molecule has 3 atom stereocenters. The first-order valence-electron chi connectivity index (χ1n) is 6.97. The number of nitrogens with zero attached hydrogens (tertiary/aromatic N) is 1. The van der Waals surface area contributed by atoms with Crippen molar-refractivity contribution in [1.29, 1.82) is 0 Å². The van der Waals surface area contributed by atoms with E-state index in [1.54, 1.807) is 6.07 Å². The fourth-order valence-electron chi connectivity index (χ4n) is 2.68. The van der Waals surface area contributed by atoms with Gasteiger partial charge in [-0.15, -0.1) is 0 Å². The molecule has 5 heteroatoms. The third-order valence-electron chi connectivity index (χ3n) is 3.98. The zero-order chi connectivity index (χ0) is 14.7. The monoisotopic (exact) mass is 283 g/mol. The predicted molar refractivity (Wildman–Crippen MR) is 73.9 cm³/mol. The van der Waals surface area contributed by atoms with Gasteiger partial charge in [-0.3, -0.25) is 4.90 Å². The number of rotatable bonds is 4. The van der Waals surface area contributed by atoms with Crippen LogP contribution in [0.25, 0.3) is 0 Å². The Morgan fingerprint density at radius 1 is 1.30 bits per heavy atom. The molecule has 20 heavy (non-hydrogen) atoms. The predicted octanol–water partition coefficient (Wildman–Crippen LogP) is 0.465. The molecule has 4 nitrogen and oxygen atoms in total. The van der Waals surface area contributed by atoms with Crippen LogP contribution in [0.3, 0.4) is 0 Å². The maximum absolute atomic E-state index is 13.8. The Balaban J connectivity index is 1.98. The molecule has 0 amide bonds. The van der Waals surface area contributed by atoms with E-state index in [4.69, 9.17) is 0 Å². The number of hydrogen-bond donors (Lipinski definition) is 3. The van der Waals surface area contributed by atoms with Crippen LogP contribution in [0.2, 0.25) is 0 Å². The SMILES string of the molecule is Cc1ccc(CCN2C[C@H](O)C(O)C[C@@H]2CO)c(F)c1. The number of hydrogen-bond acceptors (Lipinski definition) is 4. The molecule has 1 saturated heterocycles. The molecule has 0 aliphatic carbocycles. The summed E-state index contributed by atoms with van der Waals surface area (Å²) in [5.41, 5.74) is 1.52. The molecule has 1 fully saturated rings. The summed E-state index contributed by atoms with van der Waals surface area (Å²) in [4.78, 5) is 1.91. The van der Waals surface area contributed by atoms with Crippen LogP contribution in [0.5, 0.6) is 0 Å². The maximum atomic E-state index is 13.8. The number of aryl methyl sites for hydroxylation is 1. The van der Waals surface area contributed by atoms with E-state index in [0.29, 0.717) is 31.5 Å². The number of piperidine rings is 1. The molecule has 1 aliphatic rings. The summed E-state index contributed by atoms with van der Waals surface area (Å²) in [5.74, 6) is -0.219. The van der Waals surface area contributed by atoms with Crippen molar-refractivity contribution in [3.8, 4) is 0 Å². The highest BCUT2D eigenvalue weighted by Crippen LogP contribution is 2.19. The normalized spacial score (nSPS) is 27.8. The topological polar surface area (TPSA) is 63.9 Å². The zero-order valence-electron chi connectivity index (χ0n) is 11.7. The number of aliphatic hydroxyl groups is 3. The average Bonchev–Trinajstić information content (AvgIpc) is 2.41. The molecule has 1 aliphatic heterocycles. The summed E-state index contributed by atoms with van der Waals surface area (Å²) >= 11 is 0. The molecule has 0 spiro atoms. The summed E-state index contributed by atoms with van der Waals surface area (Å²) in [6.07, 6.45) is -0.736. The van der Waals surface area contributed by atoms with Gasteiger partial charge in [-0.1, -0.05) is 12.1 Å². The summed E-state index contributed by atoms with van der Waals surface area (Å²) in [5, 5.41) is 28.7. The fourth-order valence-corrected chi connectivity index (χ4v) is 2.68. The largest absolute Gasteiger partial charge is 0.395 e. The Kier molecular flexibility index (Phi) is 5.10. The fraction of sp³-hybridized carbons (Fsp3) is 0.600. The first-order valence-corrected chi connectivity index (χ1v) is 6.97. The van der Waals surface area contributed by atoms with Crippen LogP contribution in [0.1, 0.15) is 17.5 Å². The lowest BCUT2D eigenvalue weighted by Gasteiger charge is -2.39. The van der Waals surface area contributed by atoms with Gasteiger partial charge in [0.25, 0.3) is 0 Å². The second-order valence-electron chi connectivity index (χ2n) is 5.55. The average molecular weight is 283 g/mol. The third kappa shape index (κ3) is 3.55. The van der Waals surface area contributed by atoms with Crippen molar-refractivity contribution in [1.82, 2.24) is 4.90 Å². The Labute approximate surface area is 118 Å². The minimum absolute atomic E-state index is 0.0693. The number of β-amino-alcohol motifs (C(OH)–C–C–N with tert-alkyl or cyclic N) is 1. The molecule has 0 radical (unpaired) electrons. The van der Waals surface area contributed by atoms with Gasteiger partial charge in [0.05, 0.1) is 18.8 Å². The number of halogens is 1. The van der Waals surface area contributed by atoms with Crippen molar-refractivity contribution < 1.29 is 19.7 Å². The Hall–Kier alpha value is -1.01. The van der Waals surface area contributed by atoms with Gasteiger partial charge in [0.2, 0.25) is 0 Å². The number of likely N-dealkylation sites (tertiary alicyclic amines) is 1. The molecule has 2 rings (SSSR count). The molecule has 0 aromatic heterocycles. The summed E-state index contributed by atoms with van der Waals surface area (Å²) in [6, 6.07) is 4.97. The van der Waals surface area contributed by atoms with E-state index < -0.39 is 12.2 Å². The van der Waals surface area contributed by atoms with Crippen LogP contribution in [0.4, 0.5) is 4.39 Å². The highest BCUT2D eigenvalue weighted by Gasteiger charge is 2.32. The van der Waals surface area contributed by atoms with Gasteiger partial charge < -0.3 is 15.3 Å². The smallest absolute Gasteiger partial charge is 0.126 e. The van der Waals surface area contributed by atoms with Crippen LogP contribution < -0.4 is 0 Å². The van der Waals surface area contributed by atoms with E-state index >= 15 is 0 Å². The Morgan fingerprint density at radius 2 is 2.05 bits per heavy atom. The molecule has 1 aromatic rings. The van der Waals surface area contributed by atoms with E-state index in [1.807, 2.05) is 17.9 Å². The molecule has 0 bridgehead atoms. The molecule has 112 valence electrons. The first kappa shape index (κ1) is 15.4. The molecule has 3 N–H and O–H groups in total. The zero-order valence-corrected chi connectivity index (χ0v) is 11.7. The van der Waals surface area contributed by atoms with E-state index in [-0.39, 0.29) is 18.5 Å². The Morgan fingerprint density at radius 3 is 2.70 bits per heavy atom. The highest BCUT2D eigenvalue weighted by molar-refractivity contribution is 5.23. The third-order valence-corrected chi connectivity index (χ3v) is 3.98. The first-order chi connectivity index (χ1) is 9.51. The van der Waals surface area contributed by atoms with Crippen LogP contribution in [0.15, 0.2) is 18.2 Å². The van der Waals surface area contributed by atoms with Gasteiger partial charge in [0.15, 0.2) is 0 Å². The van der Waals surface area contributed by atoms with Crippen molar-refractivity contribution in [2.24, 2.45) is 0 Å². The highest BCUT2D eigenvalue weighted by atomic mass is 19.1. The lowest BCUT2D eigenvalue weighted by atomic mass is 9.97. The van der Waals surface area contributed by atoms with Gasteiger partial charge in [-0.05, 0) is 37.0 Å². The van der Waals surface area contributed by atoms with Crippen LogP contribution in [0, 0.1) is 12.7 Å². The number of aliphatic hydroxyl groups excluding tert-OH is 3. The molecule has 1 aromatic carbocycles. The van der Waals surface area contributed by atoms with Crippen molar-refractivity contribution in [2.45, 2.75) is 38.0 Å². The van der Waals surface area contributed by atoms with Crippen LogP contribution in [-0.4, -0.2) is 58.2 Å². The van der Waals surface area contributed by atoms with Crippen molar-refractivity contribution in [3.05, 3.63) is 35.1 Å². The molecule has 0 saturated carbocycles. The van der Waals surface area contributed by atoms with Crippen LogP contribution in [-0.2, 0) is 6.42 Å². The quantitative estimate of drug-likeness (QED) is 0.751. The van der Waals surface area contributed by atoms with E-state index in [2.05, 4.69) is 0 Å². The maximum Gasteiger partial charge on any atom is 0.126 e. The lowest BCUT2D eigenvalue weighted by molar-refractivity contribution is -0.0704. The number of benzene rings is 1. The lowest BCUT2D eigenvalue weighted by Crippen LogP contribution is -2.54. The van der Waals surface area contributed by atoms with Gasteiger partial charge >= 0.3 is 0 Å². The second kappa shape index (κ2) is 6.63. The molecular weight excluding hydrogens is 261 g/mol. The summed E-state index contributed by atoms with van der Waals surface area (Å²) < 4.78 is 13.8. The standard InChI is InChI=1S/C15H22FNO3/c1-10-2-3-11(13(16)6-10)4-5-17-8-15(20)14(19)7-12(17)9-18/h2-3,6,12,14-15,18-20H,4-5,7-9H2,1H3/t12-,14?,15+/m1/s1. The molecule has 1 heterocycles. The van der Waals surface area contributed by atoms with Gasteiger partial charge in [0, 0.05) is 19.1 Å². The van der Waals surface area contributed by atoms with Crippen molar-refractivity contribution in [2.75, 3.05) is 19.7 Å². The summed E-state index contributed by atoms with van der Waals surface area (Å²) in [7, 11) is 0. The minimum Gasteiger partial charge on any atom is -0.395 e. The molecule has 1 unspecified atom stereocenters. The summed E-state index contributed by atoms with van der Waals surface area (Å²) in [6.45, 7) is 2.63.